The Morgan fingerprint density at radius 2 is 2.07 bits per heavy atom. The van der Waals surface area contributed by atoms with Crippen molar-refractivity contribution in [2.24, 2.45) is 0 Å². The number of carbonyl (C=O) groups is 1. The van der Waals surface area contributed by atoms with E-state index in [0.717, 1.165) is 39.7 Å². The number of nitrogens with one attached hydrogen (secondary N) is 1. The van der Waals surface area contributed by atoms with Gasteiger partial charge >= 0.3 is 6.03 Å². The van der Waals surface area contributed by atoms with E-state index in [-0.39, 0.29) is 6.03 Å². The molecule has 8 heteroatoms. The number of ether oxygens (including phenoxy) is 1. The van der Waals surface area contributed by atoms with Gasteiger partial charge in [0.15, 0.2) is 0 Å². The standard InChI is InChI=1S/C20H23N5O2S/c1-24(14-18-23-16-6-2-3-7-17(16)28-18)20(26)22-13-15-5-4-8-21-19(15)25-9-11-27-12-10-25/h2-8H,9-14H2,1H3,(H,22,26). The van der Waals surface area contributed by atoms with Gasteiger partial charge in [-0.25, -0.2) is 14.8 Å². The molecule has 28 heavy (non-hydrogen) atoms. The van der Waals surface area contributed by atoms with Gasteiger partial charge in [0.1, 0.15) is 10.8 Å². The van der Waals surface area contributed by atoms with Gasteiger partial charge in [0.25, 0.3) is 0 Å². The molecule has 0 bridgehead atoms. The van der Waals surface area contributed by atoms with Gasteiger partial charge in [0.2, 0.25) is 0 Å². The van der Waals surface area contributed by atoms with Crippen molar-refractivity contribution in [3.8, 4) is 0 Å². The van der Waals surface area contributed by atoms with Crippen molar-refractivity contribution in [1.29, 1.82) is 0 Å². The lowest BCUT2D eigenvalue weighted by Crippen LogP contribution is -2.39. The molecule has 2 aromatic heterocycles. The van der Waals surface area contributed by atoms with Crippen molar-refractivity contribution in [3.05, 3.63) is 53.2 Å². The van der Waals surface area contributed by atoms with Gasteiger partial charge in [-0.3, -0.25) is 0 Å². The number of pyridine rings is 1. The summed E-state index contributed by atoms with van der Waals surface area (Å²) in [5.74, 6) is 0.917. The maximum Gasteiger partial charge on any atom is 0.317 e. The quantitative estimate of drug-likeness (QED) is 0.717. The monoisotopic (exact) mass is 397 g/mol. The summed E-state index contributed by atoms with van der Waals surface area (Å²) in [6, 6.07) is 11.8. The lowest BCUT2D eigenvalue weighted by Gasteiger charge is -2.29. The van der Waals surface area contributed by atoms with E-state index in [1.165, 1.54) is 0 Å². The van der Waals surface area contributed by atoms with Crippen LogP contribution in [0, 0.1) is 0 Å². The Kier molecular flexibility index (Phi) is 5.68. The Morgan fingerprint density at radius 3 is 2.89 bits per heavy atom. The highest BCUT2D eigenvalue weighted by atomic mass is 32.1. The highest BCUT2D eigenvalue weighted by Crippen LogP contribution is 2.22. The molecule has 3 aromatic rings. The van der Waals surface area contributed by atoms with Gasteiger partial charge in [0.05, 0.1) is 30.0 Å². The molecule has 1 saturated heterocycles. The molecule has 7 nitrogen and oxygen atoms in total. The van der Waals surface area contributed by atoms with Crippen LogP contribution in [-0.2, 0) is 17.8 Å². The maximum absolute atomic E-state index is 12.6. The molecule has 0 radical (unpaired) electrons. The Hall–Kier alpha value is -2.71. The fraction of sp³-hybridized carbons (Fsp3) is 0.350. The molecule has 1 N–H and O–H groups in total. The zero-order chi connectivity index (χ0) is 19.3. The number of nitrogens with zero attached hydrogens (tertiary/aromatic N) is 4. The first-order valence-electron chi connectivity index (χ1n) is 9.31. The third kappa shape index (κ3) is 4.23. The first-order chi connectivity index (χ1) is 13.7. The number of anilines is 1. The van der Waals surface area contributed by atoms with Gasteiger partial charge < -0.3 is 19.9 Å². The number of carbonyl (C=O) groups excluding carboxylic acids is 1. The number of thiazole rings is 1. The average molecular weight is 398 g/mol. The van der Waals surface area contributed by atoms with E-state index in [0.29, 0.717) is 26.3 Å². The van der Waals surface area contributed by atoms with Crippen LogP contribution in [0.5, 0.6) is 0 Å². The van der Waals surface area contributed by atoms with Crippen LogP contribution < -0.4 is 10.2 Å². The molecule has 0 aliphatic carbocycles. The smallest absolute Gasteiger partial charge is 0.317 e. The number of urea groups is 1. The van der Waals surface area contributed by atoms with Crippen LogP contribution in [-0.4, -0.2) is 54.2 Å². The van der Waals surface area contributed by atoms with Gasteiger partial charge in [0, 0.05) is 38.4 Å². The summed E-state index contributed by atoms with van der Waals surface area (Å²) < 4.78 is 6.55. The molecule has 0 unspecified atom stereocenters. The van der Waals surface area contributed by atoms with Gasteiger partial charge in [-0.05, 0) is 18.2 Å². The van der Waals surface area contributed by atoms with Crippen LogP contribution in [0.3, 0.4) is 0 Å². The Labute approximate surface area is 168 Å². The first kappa shape index (κ1) is 18.6. The Morgan fingerprint density at radius 1 is 1.25 bits per heavy atom. The van der Waals surface area contributed by atoms with Crippen LogP contribution in [0.4, 0.5) is 10.6 Å². The zero-order valence-electron chi connectivity index (χ0n) is 15.8. The second-order valence-corrected chi connectivity index (χ2v) is 7.79. The van der Waals surface area contributed by atoms with E-state index >= 15 is 0 Å². The van der Waals surface area contributed by atoms with Gasteiger partial charge in [-0.1, -0.05) is 18.2 Å². The number of aromatic nitrogens is 2. The number of morpholine rings is 1. The molecule has 0 atom stereocenters. The van der Waals surface area contributed by atoms with Crippen molar-refractivity contribution < 1.29 is 9.53 Å². The van der Waals surface area contributed by atoms with E-state index in [1.807, 2.05) is 36.4 Å². The number of hydrogen-bond donors (Lipinski definition) is 1. The summed E-state index contributed by atoms with van der Waals surface area (Å²) in [5.41, 5.74) is 1.98. The predicted molar refractivity (Wildman–Crippen MR) is 111 cm³/mol. The highest BCUT2D eigenvalue weighted by molar-refractivity contribution is 7.18. The number of hydrogen-bond acceptors (Lipinski definition) is 6. The topological polar surface area (TPSA) is 70.6 Å². The number of benzene rings is 1. The molecule has 1 aliphatic heterocycles. The second-order valence-electron chi connectivity index (χ2n) is 6.68. The predicted octanol–water partition coefficient (Wildman–Crippen LogP) is 2.87. The minimum atomic E-state index is -0.129. The van der Waals surface area contributed by atoms with Crippen molar-refractivity contribution in [2.45, 2.75) is 13.1 Å². The van der Waals surface area contributed by atoms with Crippen molar-refractivity contribution in [1.82, 2.24) is 20.2 Å². The van der Waals surface area contributed by atoms with Gasteiger partial charge in [-0.15, -0.1) is 11.3 Å². The molecule has 3 heterocycles. The summed E-state index contributed by atoms with van der Waals surface area (Å²) in [6.45, 7) is 3.95. The molecule has 0 saturated carbocycles. The van der Waals surface area contributed by atoms with E-state index in [4.69, 9.17) is 4.74 Å². The third-order valence-corrected chi connectivity index (χ3v) is 5.69. The fourth-order valence-corrected chi connectivity index (χ4v) is 4.22. The summed E-state index contributed by atoms with van der Waals surface area (Å²) in [4.78, 5) is 25.5. The Bertz CT molecular complexity index is 921. The summed E-state index contributed by atoms with van der Waals surface area (Å²) in [7, 11) is 1.79. The van der Waals surface area contributed by atoms with Crippen molar-refractivity contribution in [3.63, 3.8) is 0 Å². The summed E-state index contributed by atoms with van der Waals surface area (Å²) in [5, 5.41) is 3.92. The molecule has 146 valence electrons. The summed E-state index contributed by atoms with van der Waals surface area (Å²) >= 11 is 1.62. The first-order valence-corrected chi connectivity index (χ1v) is 10.1. The number of para-hydroxylation sites is 1. The van der Waals surface area contributed by atoms with E-state index in [1.54, 1.807) is 29.5 Å². The lowest BCUT2D eigenvalue weighted by molar-refractivity contribution is 0.122. The summed E-state index contributed by atoms with van der Waals surface area (Å²) in [6.07, 6.45) is 1.79. The van der Waals surface area contributed by atoms with Crippen molar-refractivity contribution in [2.75, 3.05) is 38.3 Å². The molecule has 1 aliphatic rings. The molecule has 1 aromatic carbocycles. The van der Waals surface area contributed by atoms with Crippen LogP contribution in [0.1, 0.15) is 10.6 Å². The normalized spacial score (nSPS) is 14.2. The Balaban J connectivity index is 1.37. The molecule has 4 rings (SSSR count). The van der Waals surface area contributed by atoms with E-state index in [2.05, 4.69) is 20.2 Å². The zero-order valence-corrected chi connectivity index (χ0v) is 16.6. The molecule has 2 amide bonds. The average Bonchev–Trinajstić information content (AvgIpc) is 3.15. The number of fused-ring (bicyclic) bond motifs is 1. The van der Waals surface area contributed by atoms with Crippen LogP contribution in [0.25, 0.3) is 10.2 Å². The highest BCUT2D eigenvalue weighted by Gasteiger charge is 2.17. The molecule has 0 spiro atoms. The maximum atomic E-state index is 12.6. The second kappa shape index (κ2) is 8.53. The van der Waals surface area contributed by atoms with E-state index in [9.17, 15) is 4.79 Å². The minimum absolute atomic E-state index is 0.129. The largest absolute Gasteiger partial charge is 0.378 e. The number of amides is 2. The van der Waals surface area contributed by atoms with E-state index < -0.39 is 0 Å². The molecular weight excluding hydrogens is 374 g/mol. The molecular formula is C20H23N5O2S. The number of rotatable bonds is 5. The third-order valence-electron chi connectivity index (χ3n) is 4.67. The fourth-order valence-electron chi connectivity index (χ4n) is 3.20. The van der Waals surface area contributed by atoms with Crippen LogP contribution in [0.2, 0.25) is 0 Å². The van der Waals surface area contributed by atoms with Crippen molar-refractivity contribution >= 4 is 33.4 Å². The SMILES string of the molecule is CN(Cc1nc2ccccc2s1)C(=O)NCc1cccnc1N1CCOCC1. The van der Waals surface area contributed by atoms with Crippen LogP contribution >= 0.6 is 11.3 Å². The molecule has 1 fully saturated rings. The minimum Gasteiger partial charge on any atom is -0.378 e. The van der Waals surface area contributed by atoms with Gasteiger partial charge in [-0.2, -0.15) is 0 Å². The lowest BCUT2D eigenvalue weighted by atomic mass is 10.2. The van der Waals surface area contributed by atoms with Crippen LogP contribution in [0.15, 0.2) is 42.6 Å².